The molecule has 0 amide bonds. The molecule has 0 radical (unpaired) electrons. The number of hydrogen-bond acceptors (Lipinski definition) is 5. The molecule has 5 nitrogen and oxygen atoms in total. The van der Waals surface area contributed by atoms with Gasteiger partial charge in [-0.15, -0.1) is 0 Å². The predicted octanol–water partition coefficient (Wildman–Crippen LogP) is 5.95. The number of halogens is 2. The van der Waals surface area contributed by atoms with Crippen LogP contribution in [0.15, 0.2) is 59.1 Å². The summed E-state index contributed by atoms with van der Waals surface area (Å²) >= 11 is 3.57. The monoisotopic (exact) mass is 487 g/mol. The molecule has 1 aliphatic heterocycles. The molecule has 4 rings (SSSR count). The number of anilines is 1. The standard InChI is InChI=1S/C24H23BrFNO4/c1-2-28-23-12-16(14-27-18-7-8-21-22(13-18)30-10-9-29-21)11-19(25)24(23)31-15-17-5-3-4-6-20(17)26/h3-8,11-13,27H,2,9-10,14-15H2,1H3. The molecule has 0 unspecified atom stereocenters. The van der Waals surface area contributed by atoms with E-state index in [2.05, 4.69) is 21.2 Å². The zero-order chi connectivity index (χ0) is 21.6. The third-order valence-corrected chi connectivity index (χ3v) is 5.33. The lowest BCUT2D eigenvalue weighted by molar-refractivity contribution is 0.171. The van der Waals surface area contributed by atoms with E-state index in [4.69, 9.17) is 18.9 Å². The van der Waals surface area contributed by atoms with Gasteiger partial charge in [-0.2, -0.15) is 0 Å². The Balaban J connectivity index is 1.48. The summed E-state index contributed by atoms with van der Waals surface area (Å²) in [5.74, 6) is 2.36. The molecule has 31 heavy (non-hydrogen) atoms. The molecule has 162 valence electrons. The Kier molecular flexibility index (Phi) is 6.82. The van der Waals surface area contributed by atoms with Crippen LogP contribution in [-0.2, 0) is 13.2 Å². The molecule has 1 heterocycles. The highest BCUT2D eigenvalue weighted by atomic mass is 79.9. The van der Waals surface area contributed by atoms with E-state index in [0.717, 1.165) is 27.2 Å². The predicted molar refractivity (Wildman–Crippen MR) is 121 cm³/mol. The first kappa shape index (κ1) is 21.3. The van der Waals surface area contributed by atoms with Gasteiger partial charge in [0.15, 0.2) is 23.0 Å². The summed E-state index contributed by atoms with van der Waals surface area (Å²) in [6.07, 6.45) is 0. The van der Waals surface area contributed by atoms with Gasteiger partial charge in [0.25, 0.3) is 0 Å². The van der Waals surface area contributed by atoms with E-state index in [1.807, 2.05) is 37.3 Å². The Morgan fingerprint density at radius 3 is 2.61 bits per heavy atom. The van der Waals surface area contributed by atoms with E-state index in [1.54, 1.807) is 18.2 Å². The number of fused-ring (bicyclic) bond motifs is 1. The van der Waals surface area contributed by atoms with Crippen molar-refractivity contribution in [2.24, 2.45) is 0 Å². The second-order valence-electron chi connectivity index (χ2n) is 6.93. The van der Waals surface area contributed by atoms with Crippen molar-refractivity contribution in [2.75, 3.05) is 25.1 Å². The summed E-state index contributed by atoms with van der Waals surface area (Å²) in [5.41, 5.74) is 2.42. The van der Waals surface area contributed by atoms with E-state index in [9.17, 15) is 4.39 Å². The molecule has 0 aliphatic carbocycles. The molecule has 0 bridgehead atoms. The summed E-state index contributed by atoms with van der Waals surface area (Å²) in [4.78, 5) is 0. The molecule has 0 saturated heterocycles. The number of nitrogens with one attached hydrogen (secondary N) is 1. The third-order valence-electron chi connectivity index (χ3n) is 4.74. The summed E-state index contributed by atoms with van der Waals surface area (Å²) in [6, 6.07) is 16.2. The SMILES string of the molecule is CCOc1cc(CNc2ccc3c(c2)OCCO3)cc(Br)c1OCc1ccccc1F. The van der Waals surface area contributed by atoms with Crippen LogP contribution >= 0.6 is 15.9 Å². The summed E-state index contributed by atoms with van der Waals surface area (Å²) in [5, 5.41) is 3.39. The van der Waals surface area contributed by atoms with Gasteiger partial charge in [-0.05, 0) is 58.7 Å². The molecule has 0 fully saturated rings. The van der Waals surface area contributed by atoms with E-state index in [-0.39, 0.29) is 12.4 Å². The van der Waals surface area contributed by atoms with Crippen molar-refractivity contribution in [2.45, 2.75) is 20.1 Å². The Bertz CT molecular complexity index is 1060. The second-order valence-corrected chi connectivity index (χ2v) is 7.78. The van der Waals surface area contributed by atoms with Gasteiger partial charge >= 0.3 is 0 Å². The van der Waals surface area contributed by atoms with Crippen molar-refractivity contribution < 1.29 is 23.3 Å². The molecule has 3 aromatic rings. The molecule has 1 N–H and O–H groups in total. The average Bonchev–Trinajstić information content (AvgIpc) is 2.78. The van der Waals surface area contributed by atoms with Crippen molar-refractivity contribution >= 4 is 21.6 Å². The normalized spacial score (nSPS) is 12.4. The first-order valence-electron chi connectivity index (χ1n) is 10.1. The first-order chi connectivity index (χ1) is 15.1. The van der Waals surface area contributed by atoms with Crippen LogP contribution in [0.1, 0.15) is 18.1 Å². The average molecular weight is 488 g/mol. The van der Waals surface area contributed by atoms with E-state index >= 15 is 0 Å². The summed E-state index contributed by atoms with van der Waals surface area (Å²) < 4.78 is 37.6. The molecule has 0 saturated carbocycles. The van der Waals surface area contributed by atoms with Gasteiger partial charge < -0.3 is 24.3 Å². The number of benzene rings is 3. The molecular weight excluding hydrogens is 465 g/mol. The van der Waals surface area contributed by atoms with Crippen molar-refractivity contribution in [1.82, 2.24) is 0 Å². The lowest BCUT2D eigenvalue weighted by atomic mass is 10.2. The van der Waals surface area contributed by atoms with Crippen molar-refractivity contribution in [3.05, 3.63) is 76.0 Å². The van der Waals surface area contributed by atoms with Crippen molar-refractivity contribution in [1.29, 1.82) is 0 Å². The van der Waals surface area contributed by atoms with Crippen LogP contribution < -0.4 is 24.3 Å². The Morgan fingerprint density at radius 1 is 1.00 bits per heavy atom. The number of ether oxygens (including phenoxy) is 4. The third kappa shape index (κ3) is 5.22. The van der Waals surface area contributed by atoms with Gasteiger partial charge in [0, 0.05) is 23.9 Å². The highest BCUT2D eigenvalue weighted by Gasteiger charge is 2.15. The fourth-order valence-electron chi connectivity index (χ4n) is 3.25. The van der Waals surface area contributed by atoms with E-state index in [1.165, 1.54) is 6.07 Å². The van der Waals surface area contributed by atoms with E-state index < -0.39 is 0 Å². The smallest absolute Gasteiger partial charge is 0.175 e. The lowest BCUT2D eigenvalue weighted by Crippen LogP contribution is -2.15. The zero-order valence-corrected chi connectivity index (χ0v) is 18.7. The minimum Gasteiger partial charge on any atom is -0.490 e. The van der Waals surface area contributed by atoms with Gasteiger partial charge in [-0.25, -0.2) is 4.39 Å². The maximum absolute atomic E-state index is 13.9. The van der Waals surface area contributed by atoms with Crippen LogP contribution in [0.2, 0.25) is 0 Å². The van der Waals surface area contributed by atoms with Crippen LogP contribution in [-0.4, -0.2) is 19.8 Å². The molecule has 1 aliphatic rings. The zero-order valence-electron chi connectivity index (χ0n) is 17.1. The van der Waals surface area contributed by atoms with Gasteiger partial charge in [-0.1, -0.05) is 18.2 Å². The van der Waals surface area contributed by atoms with Gasteiger partial charge in [0.05, 0.1) is 11.1 Å². The molecule has 0 atom stereocenters. The molecule has 3 aromatic carbocycles. The van der Waals surface area contributed by atoms with Crippen molar-refractivity contribution in [3.63, 3.8) is 0 Å². The largest absolute Gasteiger partial charge is 0.490 e. The summed E-state index contributed by atoms with van der Waals surface area (Å²) in [6.45, 7) is 4.21. The maximum atomic E-state index is 13.9. The molecule has 0 aromatic heterocycles. The minimum atomic E-state index is -0.295. The summed E-state index contributed by atoms with van der Waals surface area (Å²) in [7, 11) is 0. The van der Waals surface area contributed by atoms with Crippen LogP contribution in [0.5, 0.6) is 23.0 Å². The minimum absolute atomic E-state index is 0.111. The molecule has 7 heteroatoms. The number of rotatable bonds is 8. The van der Waals surface area contributed by atoms with E-state index in [0.29, 0.717) is 43.4 Å². The highest BCUT2D eigenvalue weighted by Crippen LogP contribution is 2.38. The van der Waals surface area contributed by atoms with Crippen LogP contribution in [0.4, 0.5) is 10.1 Å². The molecular formula is C24H23BrFNO4. The van der Waals surface area contributed by atoms with Gasteiger partial charge in [0.2, 0.25) is 0 Å². The topological polar surface area (TPSA) is 49.0 Å². The maximum Gasteiger partial charge on any atom is 0.175 e. The second kappa shape index (κ2) is 9.92. The van der Waals surface area contributed by atoms with Crippen molar-refractivity contribution in [3.8, 4) is 23.0 Å². The molecule has 0 spiro atoms. The number of hydrogen-bond donors (Lipinski definition) is 1. The van der Waals surface area contributed by atoms with Gasteiger partial charge in [0.1, 0.15) is 25.6 Å². The quantitative estimate of drug-likeness (QED) is 0.425. The first-order valence-corrected chi connectivity index (χ1v) is 10.9. The van der Waals surface area contributed by atoms with Crippen LogP contribution in [0.25, 0.3) is 0 Å². The fourth-order valence-corrected chi connectivity index (χ4v) is 3.85. The fraction of sp³-hybridized carbons (Fsp3) is 0.250. The van der Waals surface area contributed by atoms with Crippen LogP contribution in [0.3, 0.4) is 0 Å². The Morgan fingerprint density at radius 2 is 1.81 bits per heavy atom. The Hall–Kier alpha value is -2.93. The highest BCUT2D eigenvalue weighted by molar-refractivity contribution is 9.10. The van der Waals surface area contributed by atoms with Gasteiger partial charge in [-0.3, -0.25) is 0 Å². The lowest BCUT2D eigenvalue weighted by Gasteiger charge is -2.19. The Labute approximate surface area is 189 Å². The van der Waals surface area contributed by atoms with Crippen LogP contribution in [0, 0.1) is 5.82 Å².